The van der Waals surface area contributed by atoms with Crippen molar-refractivity contribution in [2.24, 2.45) is 5.92 Å². The Morgan fingerprint density at radius 1 is 1.45 bits per heavy atom. The molecule has 2 aliphatic rings. The summed E-state index contributed by atoms with van der Waals surface area (Å²) in [6.45, 7) is 5.91. The number of hydrogen-bond acceptors (Lipinski definition) is 6. The molecule has 12 heteroatoms. The van der Waals surface area contributed by atoms with Gasteiger partial charge in [0.15, 0.2) is 0 Å². The number of rotatable bonds is 7. The van der Waals surface area contributed by atoms with Crippen molar-refractivity contribution in [1.82, 2.24) is 9.62 Å². The number of carboxylic acids is 1. The van der Waals surface area contributed by atoms with Crippen molar-refractivity contribution in [3.05, 3.63) is 22.4 Å². The molecular formula is C17H25F3N2O5S2. The molecule has 1 unspecified atom stereocenters. The minimum Gasteiger partial charge on any atom is -0.475 e. The second-order valence-corrected chi connectivity index (χ2v) is 9.94. The van der Waals surface area contributed by atoms with E-state index in [0.717, 1.165) is 39.1 Å². The van der Waals surface area contributed by atoms with Crippen molar-refractivity contribution in [3.8, 4) is 0 Å². The van der Waals surface area contributed by atoms with Gasteiger partial charge in [0.05, 0.1) is 11.4 Å². The zero-order valence-corrected chi connectivity index (χ0v) is 17.6. The molecule has 166 valence electrons. The van der Waals surface area contributed by atoms with E-state index in [0.29, 0.717) is 12.5 Å². The number of ether oxygens (including phenoxy) is 1. The maximum atomic E-state index is 11.5. The summed E-state index contributed by atoms with van der Waals surface area (Å²) >= 11 is 1.73. The van der Waals surface area contributed by atoms with E-state index in [2.05, 4.69) is 26.4 Å². The molecule has 0 saturated carbocycles. The van der Waals surface area contributed by atoms with E-state index in [1.165, 1.54) is 5.56 Å². The summed E-state index contributed by atoms with van der Waals surface area (Å²) in [5, 5.41) is 11.4. The minimum atomic E-state index is -5.08. The van der Waals surface area contributed by atoms with Crippen LogP contribution in [0.15, 0.2) is 16.8 Å². The fraction of sp³-hybridized carbons (Fsp3) is 0.706. The standard InChI is InChI=1S/C15H24N2O3S2.C2HF3O2/c1-2-22(18,19)16-6-3-14-4-7-20-15(14)11-17(12-15)9-13-5-8-21-10-13;3-2(4,5)1(6)7/h5,8,10,14,16H,2-4,6-7,9,11-12H2,1H3;(H,6,7). The fourth-order valence-corrected chi connectivity index (χ4v) is 4.79. The number of thiophene rings is 1. The third-order valence-corrected chi connectivity index (χ3v) is 7.14. The molecule has 2 aliphatic heterocycles. The number of nitrogens with zero attached hydrogens (tertiary/aromatic N) is 1. The first-order valence-corrected chi connectivity index (χ1v) is 11.7. The Bertz CT molecular complexity index is 763. The summed E-state index contributed by atoms with van der Waals surface area (Å²) in [7, 11) is -3.08. The highest BCUT2D eigenvalue weighted by Gasteiger charge is 2.52. The maximum Gasteiger partial charge on any atom is 0.490 e. The van der Waals surface area contributed by atoms with Crippen LogP contribution < -0.4 is 4.72 Å². The van der Waals surface area contributed by atoms with Crippen LogP contribution in [0, 0.1) is 5.92 Å². The zero-order valence-electron chi connectivity index (χ0n) is 15.9. The summed E-state index contributed by atoms with van der Waals surface area (Å²) in [6.07, 6.45) is -3.17. The van der Waals surface area contributed by atoms with Crippen LogP contribution in [0.1, 0.15) is 25.3 Å². The van der Waals surface area contributed by atoms with Crippen LogP contribution in [-0.2, 0) is 26.1 Å². The molecule has 0 radical (unpaired) electrons. The van der Waals surface area contributed by atoms with E-state index < -0.39 is 22.2 Å². The van der Waals surface area contributed by atoms with Crippen molar-refractivity contribution in [2.75, 3.05) is 32.0 Å². The van der Waals surface area contributed by atoms with Crippen molar-refractivity contribution < 1.29 is 36.2 Å². The lowest BCUT2D eigenvalue weighted by Gasteiger charge is -2.50. The SMILES string of the molecule is CCS(=O)(=O)NCCC1CCOC12CN(Cc1ccsc1)C2.O=C(O)C(F)(F)F. The van der Waals surface area contributed by atoms with Crippen LogP contribution in [0.3, 0.4) is 0 Å². The molecule has 2 fully saturated rings. The monoisotopic (exact) mass is 458 g/mol. The van der Waals surface area contributed by atoms with E-state index in [4.69, 9.17) is 14.6 Å². The van der Waals surface area contributed by atoms with E-state index in [1.54, 1.807) is 18.3 Å². The quantitative estimate of drug-likeness (QED) is 0.651. The first-order valence-electron chi connectivity index (χ1n) is 9.12. The van der Waals surface area contributed by atoms with Gasteiger partial charge in [-0.3, -0.25) is 4.90 Å². The predicted molar refractivity (Wildman–Crippen MR) is 102 cm³/mol. The summed E-state index contributed by atoms with van der Waals surface area (Å²) in [5.74, 6) is -2.15. The van der Waals surface area contributed by atoms with Gasteiger partial charge in [0.1, 0.15) is 0 Å². The van der Waals surface area contributed by atoms with Gasteiger partial charge in [-0.1, -0.05) is 0 Å². The lowest BCUT2D eigenvalue weighted by Crippen LogP contribution is -2.64. The molecule has 7 nitrogen and oxygen atoms in total. The van der Waals surface area contributed by atoms with Crippen LogP contribution in [-0.4, -0.2) is 68.2 Å². The molecule has 3 heterocycles. The van der Waals surface area contributed by atoms with E-state index >= 15 is 0 Å². The Balaban J connectivity index is 0.000000370. The van der Waals surface area contributed by atoms with Crippen LogP contribution in [0.25, 0.3) is 0 Å². The Labute approximate surface area is 171 Å². The van der Waals surface area contributed by atoms with Crippen LogP contribution in [0.2, 0.25) is 0 Å². The van der Waals surface area contributed by atoms with Gasteiger partial charge in [0.25, 0.3) is 0 Å². The number of nitrogens with one attached hydrogen (secondary N) is 1. The molecule has 0 aromatic carbocycles. The number of likely N-dealkylation sites (tertiary alicyclic amines) is 1. The third kappa shape index (κ3) is 6.92. The highest BCUT2D eigenvalue weighted by atomic mass is 32.2. The van der Waals surface area contributed by atoms with Gasteiger partial charge in [-0.15, -0.1) is 0 Å². The summed E-state index contributed by atoms with van der Waals surface area (Å²) in [6, 6.07) is 2.17. The predicted octanol–water partition coefficient (Wildman–Crippen LogP) is 2.30. The number of hydrogen-bond donors (Lipinski definition) is 2. The highest BCUT2D eigenvalue weighted by Crippen LogP contribution is 2.42. The summed E-state index contributed by atoms with van der Waals surface area (Å²) < 4.78 is 63.4. The molecule has 0 aliphatic carbocycles. The third-order valence-electron chi connectivity index (χ3n) is 5.01. The van der Waals surface area contributed by atoms with E-state index in [9.17, 15) is 21.6 Å². The summed E-state index contributed by atoms with van der Waals surface area (Å²) in [5.41, 5.74) is 1.33. The molecule has 2 N–H and O–H groups in total. The second-order valence-electron chi connectivity index (χ2n) is 7.06. The average molecular weight is 459 g/mol. The van der Waals surface area contributed by atoms with Gasteiger partial charge in [0.2, 0.25) is 10.0 Å². The van der Waals surface area contributed by atoms with Crippen LogP contribution in [0.4, 0.5) is 13.2 Å². The number of carbonyl (C=O) groups is 1. The number of carboxylic acid groups (broad SMARTS) is 1. The molecule has 0 bridgehead atoms. The van der Waals surface area contributed by atoms with E-state index in [1.807, 2.05) is 0 Å². The Hall–Kier alpha value is -1.21. The smallest absolute Gasteiger partial charge is 0.475 e. The Morgan fingerprint density at radius 3 is 2.62 bits per heavy atom. The first-order chi connectivity index (χ1) is 13.5. The molecule has 2 saturated heterocycles. The minimum absolute atomic E-state index is 0.0340. The number of alkyl halides is 3. The number of halogens is 3. The molecule has 0 amide bonds. The lowest BCUT2D eigenvalue weighted by atomic mass is 9.79. The molecule has 1 atom stereocenters. The van der Waals surface area contributed by atoms with Gasteiger partial charge in [-0.25, -0.2) is 17.9 Å². The number of aliphatic carboxylic acids is 1. The Kier molecular flexibility index (Phi) is 8.08. The normalized spacial score (nSPS) is 21.4. The van der Waals surface area contributed by atoms with Crippen molar-refractivity contribution in [3.63, 3.8) is 0 Å². The van der Waals surface area contributed by atoms with Gasteiger partial charge < -0.3 is 9.84 Å². The zero-order chi connectivity index (χ0) is 21.7. The van der Waals surface area contributed by atoms with Gasteiger partial charge in [-0.2, -0.15) is 24.5 Å². The first kappa shape index (κ1) is 24.1. The van der Waals surface area contributed by atoms with Crippen molar-refractivity contribution in [2.45, 2.75) is 38.1 Å². The van der Waals surface area contributed by atoms with Gasteiger partial charge in [-0.05, 0) is 48.1 Å². The average Bonchev–Trinajstić information content (AvgIpc) is 3.24. The van der Waals surface area contributed by atoms with Crippen molar-refractivity contribution in [1.29, 1.82) is 0 Å². The summed E-state index contributed by atoms with van der Waals surface area (Å²) in [4.78, 5) is 11.3. The van der Waals surface area contributed by atoms with E-state index in [-0.39, 0.29) is 11.4 Å². The fourth-order valence-electron chi connectivity index (χ4n) is 3.50. The van der Waals surface area contributed by atoms with Crippen molar-refractivity contribution >= 4 is 27.3 Å². The molecule has 1 spiro atoms. The Morgan fingerprint density at radius 2 is 2.10 bits per heavy atom. The molecule has 1 aromatic rings. The molecule has 1 aromatic heterocycles. The lowest BCUT2D eigenvalue weighted by molar-refractivity contribution is -0.192. The topological polar surface area (TPSA) is 95.9 Å². The van der Waals surface area contributed by atoms with Gasteiger partial charge in [0, 0.05) is 32.8 Å². The maximum absolute atomic E-state index is 11.5. The van der Waals surface area contributed by atoms with Crippen LogP contribution in [0.5, 0.6) is 0 Å². The molecule has 29 heavy (non-hydrogen) atoms. The molecular weight excluding hydrogens is 433 g/mol. The van der Waals surface area contributed by atoms with Crippen LogP contribution >= 0.6 is 11.3 Å². The second kappa shape index (κ2) is 9.73. The molecule has 3 rings (SSSR count). The highest BCUT2D eigenvalue weighted by molar-refractivity contribution is 7.89. The van der Waals surface area contributed by atoms with Gasteiger partial charge >= 0.3 is 12.1 Å². The largest absolute Gasteiger partial charge is 0.490 e. The number of sulfonamides is 1.